The van der Waals surface area contributed by atoms with Crippen LogP contribution in [0.2, 0.25) is 10.0 Å². The average molecular weight is 367 g/mol. The van der Waals surface area contributed by atoms with Crippen molar-refractivity contribution in [3.8, 4) is 5.75 Å². The maximum absolute atomic E-state index is 11.8. The second kappa shape index (κ2) is 8.57. The van der Waals surface area contributed by atoms with E-state index in [4.69, 9.17) is 27.9 Å². The van der Waals surface area contributed by atoms with E-state index in [-0.39, 0.29) is 13.0 Å². The lowest BCUT2D eigenvalue weighted by Crippen LogP contribution is -2.44. The molecular weight excluding hydrogens is 351 g/mol. The normalized spacial score (nSPS) is 10.1. The number of hydrazine groups is 1. The molecule has 2 amide bonds. The summed E-state index contributed by atoms with van der Waals surface area (Å²) in [7, 11) is 0. The number of rotatable bonds is 5. The molecule has 24 heavy (non-hydrogen) atoms. The number of carbonyl (C=O) groups is 2. The van der Waals surface area contributed by atoms with E-state index in [2.05, 4.69) is 10.9 Å². The van der Waals surface area contributed by atoms with E-state index in [1.54, 1.807) is 24.3 Å². The monoisotopic (exact) mass is 366 g/mol. The first-order chi connectivity index (χ1) is 11.4. The number of amides is 2. The van der Waals surface area contributed by atoms with Gasteiger partial charge >= 0.3 is 0 Å². The first kappa shape index (κ1) is 18.1. The fourth-order valence-corrected chi connectivity index (χ4v) is 2.39. The topological polar surface area (TPSA) is 67.4 Å². The van der Waals surface area contributed by atoms with Crippen LogP contribution < -0.4 is 15.6 Å². The van der Waals surface area contributed by atoms with Gasteiger partial charge in [-0.15, -0.1) is 0 Å². The van der Waals surface area contributed by atoms with Crippen LogP contribution in [0.25, 0.3) is 0 Å². The van der Waals surface area contributed by atoms with Gasteiger partial charge in [0.25, 0.3) is 5.91 Å². The Morgan fingerprint density at radius 1 is 1.04 bits per heavy atom. The van der Waals surface area contributed by atoms with Crippen molar-refractivity contribution >= 4 is 35.0 Å². The molecule has 0 bridgehead atoms. The molecule has 5 nitrogen and oxygen atoms in total. The fourth-order valence-electron chi connectivity index (χ4n) is 1.91. The van der Waals surface area contributed by atoms with Crippen molar-refractivity contribution < 1.29 is 14.3 Å². The van der Waals surface area contributed by atoms with E-state index >= 15 is 0 Å². The van der Waals surface area contributed by atoms with Gasteiger partial charge in [0, 0.05) is 10.0 Å². The Hall–Kier alpha value is -2.24. The van der Waals surface area contributed by atoms with Crippen molar-refractivity contribution in [3.05, 3.63) is 63.6 Å². The van der Waals surface area contributed by atoms with Gasteiger partial charge in [0.15, 0.2) is 6.61 Å². The lowest BCUT2D eigenvalue weighted by molar-refractivity contribution is -0.129. The van der Waals surface area contributed by atoms with Crippen LogP contribution in [0.4, 0.5) is 0 Å². The zero-order valence-electron chi connectivity index (χ0n) is 12.9. The van der Waals surface area contributed by atoms with Crippen molar-refractivity contribution in [2.45, 2.75) is 13.3 Å². The minimum absolute atomic E-state index is 0.0228. The third kappa shape index (κ3) is 5.76. The van der Waals surface area contributed by atoms with Gasteiger partial charge in [-0.3, -0.25) is 20.4 Å². The summed E-state index contributed by atoms with van der Waals surface area (Å²) >= 11 is 11.8. The summed E-state index contributed by atoms with van der Waals surface area (Å²) in [6.07, 6.45) is 0.0228. The van der Waals surface area contributed by atoms with Gasteiger partial charge in [-0.25, -0.2) is 0 Å². The number of ether oxygens (including phenoxy) is 1. The van der Waals surface area contributed by atoms with Crippen molar-refractivity contribution in [2.24, 2.45) is 0 Å². The quantitative estimate of drug-likeness (QED) is 0.799. The molecule has 126 valence electrons. The van der Waals surface area contributed by atoms with Crippen LogP contribution in [-0.4, -0.2) is 18.4 Å². The Bertz CT molecular complexity index is 750. The lowest BCUT2D eigenvalue weighted by Gasteiger charge is -2.10. The summed E-state index contributed by atoms with van der Waals surface area (Å²) in [6.45, 7) is 1.72. The molecule has 2 N–H and O–H groups in total. The number of halogens is 2. The van der Waals surface area contributed by atoms with Gasteiger partial charge in [0.05, 0.1) is 6.42 Å². The van der Waals surface area contributed by atoms with E-state index < -0.39 is 11.8 Å². The van der Waals surface area contributed by atoms with Crippen LogP contribution in [0, 0.1) is 6.92 Å². The van der Waals surface area contributed by atoms with Crippen LogP contribution in [0.15, 0.2) is 42.5 Å². The van der Waals surface area contributed by atoms with Gasteiger partial charge < -0.3 is 4.74 Å². The lowest BCUT2D eigenvalue weighted by atomic mass is 10.1. The summed E-state index contributed by atoms with van der Waals surface area (Å²) in [5.41, 5.74) is 6.24. The molecule has 0 heterocycles. The summed E-state index contributed by atoms with van der Waals surface area (Å²) in [6, 6.07) is 12.2. The van der Waals surface area contributed by atoms with Crippen LogP contribution in [0.1, 0.15) is 11.1 Å². The average Bonchev–Trinajstić information content (AvgIpc) is 2.54. The molecule has 0 saturated heterocycles. The summed E-state index contributed by atoms with van der Waals surface area (Å²) in [4.78, 5) is 23.5. The molecule has 0 aliphatic rings. The third-order valence-corrected chi connectivity index (χ3v) is 3.65. The minimum atomic E-state index is -0.466. The first-order valence-corrected chi connectivity index (χ1v) is 7.91. The molecule has 2 rings (SSSR count). The fraction of sp³-hybridized carbons (Fsp3) is 0.176. The molecule has 2 aromatic carbocycles. The third-order valence-electron chi connectivity index (χ3n) is 3.07. The Morgan fingerprint density at radius 3 is 2.50 bits per heavy atom. The van der Waals surface area contributed by atoms with Crippen LogP contribution in [0.3, 0.4) is 0 Å². The number of carbonyl (C=O) groups excluding carboxylic acids is 2. The molecule has 0 fully saturated rings. The molecule has 0 saturated carbocycles. The molecule has 0 atom stereocenters. The van der Waals surface area contributed by atoms with E-state index in [1.807, 2.05) is 25.1 Å². The number of benzene rings is 2. The molecular formula is C17H16Cl2N2O3. The SMILES string of the molecule is Cc1cccc(OCC(=O)NNC(=O)Cc2ccc(Cl)cc2Cl)c1. The second-order valence-corrected chi connectivity index (χ2v) is 5.96. The predicted molar refractivity (Wildman–Crippen MR) is 93.1 cm³/mol. The molecule has 0 aromatic heterocycles. The Kier molecular flexibility index (Phi) is 6.46. The second-order valence-electron chi connectivity index (χ2n) is 5.11. The van der Waals surface area contributed by atoms with Crippen molar-refractivity contribution in [2.75, 3.05) is 6.61 Å². The molecule has 7 heteroatoms. The molecule has 2 aromatic rings. The van der Waals surface area contributed by atoms with Crippen LogP contribution in [-0.2, 0) is 16.0 Å². The highest BCUT2D eigenvalue weighted by Gasteiger charge is 2.09. The maximum Gasteiger partial charge on any atom is 0.276 e. The number of hydrogen-bond donors (Lipinski definition) is 2. The maximum atomic E-state index is 11.8. The molecule has 0 spiro atoms. The first-order valence-electron chi connectivity index (χ1n) is 7.15. The van der Waals surface area contributed by atoms with Crippen LogP contribution in [0.5, 0.6) is 5.75 Å². The highest BCUT2D eigenvalue weighted by Crippen LogP contribution is 2.21. The van der Waals surface area contributed by atoms with Crippen molar-refractivity contribution in [1.82, 2.24) is 10.9 Å². The molecule has 0 aliphatic heterocycles. The van der Waals surface area contributed by atoms with E-state index in [0.717, 1.165) is 5.56 Å². The van der Waals surface area contributed by atoms with Gasteiger partial charge in [0.2, 0.25) is 5.91 Å². The Morgan fingerprint density at radius 2 is 1.79 bits per heavy atom. The smallest absolute Gasteiger partial charge is 0.276 e. The summed E-state index contributed by atoms with van der Waals surface area (Å²) in [5.74, 6) is -0.278. The standard InChI is InChI=1S/C17H16Cl2N2O3/c1-11-3-2-4-14(7-11)24-10-17(23)21-20-16(22)8-12-5-6-13(18)9-15(12)19/h2-7,9H,8,10H2,1H3,(H,20,22)(H,21,23). The highest BCUT2D eigenvalue weighted by molar-refractivity contribution is 6.35. The highest BCUT2D eigenvalue weighted by atomic mass is 35.5. The zero-order valence-corrected chi connectivity index (χ0v) is 14.4. The van der Waals surface area contributed by atoms with Crippen molar-refractivity contribution in [3.63, 3.8) is 0 Å². The predicted octanol–water partition coefficient (Wildman–Crippen LogP) is 3.07. The Balaban J connectivity index is 1.75. The number of hydrogen-bond acceptors (Lipinski definition) is 3. The van der Waals surface area contributed by atoms with Crippen molar-refractivity contribution in [1.29, 1.82) is 0 Å². The largest absolute Gasteiger partial charge is 0.484 e. The van der Waals surface area contributed by atoms with Gasteiger partial charge in [0.1, 0.15) is 5.75 Å². The minimum Gasteiger partial charge on any atom is -0.484 e. The number of nitrogens with one attached hydrogen (secondary N) is 2. The van der Waals surface area contributed by atoms with Gasteiger partial charge in [-0.1, -0.05) is 41.4 Å². The molecule has 0 radical (unpaired) electrons. The van der Waals surface area contributed by atoms with E-state index in [9.17, 15) is 9.59 Å². The van der Waals surface area contributed by atoms with E-state index in [0.29, 0.717) is 21.4 Å². The Labute approximate surface area is 149 Å². The molecule has 0 unspecified atom stereocenters. The van der Waals surface area contributed by atoms with E-state index in [1.165, 1.54) is 0 Å². The summed E-state index contributed by atoms with van der Waals surface area (Å²) in [5, 5.41) is 0.887. The number of aryl methyl sites for hydroxylation is 1. The van der Waals surface area contributed by atoms with Gasteiger partial charge in [-0.2, -0.15) is 0 Å². The summed E-state index contributed by atoms with van der Waals surface area (Å²) < 4.78 is 5.33. The van der Waals surface area contributed by atoms with Crippen LogP contribution >= 0.6 is 23.2 Å². The zero-order chi connectivity index (χ0) is 17.5. The molecule has 0 aliphatic carbocycles. The van der Waals surface area contributed by atoms with Gasteiger partial charge in [-0.05, 0) is 42.3 Å².